The molecule has 8 heteroatoms. The molecule has 1 amide bonds. The molecule has 1 unspecified atom stereocenters. The van der Waals surface area contributed by atoms with E-state index in [0.29, 0.717) is 26.2 Å². The van der Waals surface area contributed by atoms with Crippen LogP contribution in [0.3, 0.4) is 0 Å². The number of hydrogen-bond donors (Lipinski definition) is 0. The zero-order chi connectivity index (χ0) is 23.9. The number of hydrogen-bond acceptors (Lipinski definition) is 5. The summed E-state index contributed by atoms with van der Waals surface area (Å²) in [6.45, 7) is 1.61. The molecule has 0 N–H and O–H groups in total. The van der Waals surface area contributed by atoms with Gasteiger partial charge in [-0.25, -0.2) is 8.78 Å². The average molecular weight is 468 g/mol. The lowest BCUT2D eigenvalue weighted by Gasteiger charge is -2.25. The summed E-state index contributed by atoms with van der Waals surface area (Å²) in [7, 11) is 1.61. The van der Waals surface area contributed by atoms with E-state index in [9.17, 15) is 13.6 Å². The van der Waals surface area contributed by atoms with E-state index in [1.807, 2.05) is 42.5 Å². The van der Waals surface area contributed by atoms with Crippen molar-refractivity contribution in [3.8, 4) is 5.75 Å². The number of benzene rings is 2. The quantitative estimate of drug-likeness (QED) is 0.505. The maximum absolute atomic E-state index is 14.3. The van der Waals surface area contributed by atoms with Gasteiger partial charge in [0, 0.05) is 31.4 Å². The van der Waals surface area contributed by atoms with E-state index in [4.69, 9.17) is 9.47 Å². The third kappa shape index (κ3) is 6.15. The molecule has 0 aliphatic carbocycles. The number of carbonyl (C=O) groups is 1. The minimum Gasteiger partial charge on any atom is -0.497 e. The van der Waals surface area contributed by atoms with Crippen molar-refractivity contribution in [2.45, 2.75) is 25.8 Å². The molecule has 34 heavy (non-hydrogen) atoms. The normalized spacial score (nSPS) is 17.0. The molecule has 4 rings (SSSR count). The van der Waals surface area contributed by atoms with Gasteiger partial charge in [-0.05, 0) is 35.9 Å². The second-order valence-corrected chi connectivity index (χ2v) is 8.26. The Morgan fingerprint density at radius 2 is 1.88 bits per heavy atom. The molecule has 0 spiro atoms. The fourth-order valence-corrected chi connectivity index (χ4v) is 4.00. The second-order valence-electron chi connectivity index (χ2n) is 8.26. The lowest BCUT2D eigenvalue weighted by atomic mass is 10.2. The Kier molecular flexibility index (Phi) is 7.82. The molecular weight excluding hydrogens is 440 g/mol. The topological polar surface area (TPSA) is 54.9 Å². The van der Waals surface area contributed by atoms with Gasteiger partial charge in [-0.3, -0.25) is 14.7 Å². The van der Waals surface area contributed by atoms with Crippen molar-refractivity contribution in [2.24, 2.45) is 0 Å². The molecule has 1 atom stereocenters. The molecule has 3 aromatic rings. The van der Waals surface area contributed by atoms with Crippen molar-refractivity contribution in [3.63, 3.8) is 0 Å². The van der Waals surface area contributed by atoms with Crippen LogP contribution in [0.2, 0.25) is 0 Å². The first-order valence-corrected chi connectivity index (χ1v) is 11.1. The lowest BCUT2D eigenvalue weighted by molar-refractivity contribution is -0.132. The first-order valence-electron chi connectivity index (χ1n) is 11.1. The number of amides is 1. The molecule has 1 aromatic heterocycles. The minimum absolute atomic E-state index is 0.0712. The van der Waals surface area contributed by atoms with Gasteiger partial charge < -0.3 is 14.4 Å². The molecule has 1 saturated heterocycles. The van der Waals surface area contributed by atoms with Gasteiger partial charge in [0.15, 0.2) is 11.6 Å². The predicted octanol–water partition coefficient (Wildman–Crippen LogP) is 3.80. The highest BCUT2D eigenvalue weighted by Crippen LogP contribution is 2.19. The summed E-state index contributed by atoms with van der Waals surface area (Å²) in [4.78, 5) is 20.9. The van der Waals surface area contributed by atoms with Crippen molar-refractivity contribution in [1.82, 2.24) is 14.8 Å². The number of aromatic nitrogens is 1. The largest absolute Gasteiger partial charge is 0.497 e. The molecule has 6 nitrogen and oxygen atoms in total. The third-order valence-electron chi connectivity index (χ3n) is 5.72. The van der Waals surface area contributed by atoms with Crippen LogP contribution in [0.25, 0.3) is 0 Å². The monoisotopic (exact) mass is 467 g/mol. The highest BCUT2D eigenvalue weighted by Gasteiger charge is 2.29. The molecule has 0 saturated carbocycles. The van der Waals surface area contributed by atoms with Crippen LogP contribution in [0.15, 0.2) is 66.9 Å². The number of pyridine rings is 1. The molecule has 0 radical (unpaired) electrons. The van der Waals surface area contributed by atoms with Crippen molar-refractivity contribution in [2.75, 3.05) is 26.7 Å². The number of halogens is 2. The third-order valence-corrected chi connectivity index (χ3v) is 5.72. The summed E-state index contributed by atoms with van der Waals surface area (Å²) in [5, 5.41) is 0. The smallest absolute Gasteiger partial charge is 0.237 e. The fourth-order valence-electron chi connectivity index (χ4n) is 4.00. The molecule has 178 valence electrons. The molecule has 1 aliphatic rings. The fraction of sp³-hybridized carbons (Fsp3) is 0.308. The van der Waals surface area contributed by atoms with Crippen LogP contribution in [0.5, 0.6) is 5.75 Å². The van der Waals surface area contributed by atoms with Gasteiger partial charge >= 0.3 is 0 Å². The Morgan fingerprint density at radius 3 is 2.68 bits per heavy atom. The second kappa shape index (κ2) is 11.2. The summed E-state index contributed by atoms with van der Waals surface area (Å²) < 4.78 is 39.5. The number of rotatable bonds is 8. The van der Waals surface area contributed by atoms with E-state index in [0.717, 1.165) is 23.1 Å². The van der Waals surface area contributed by atoms with Crippen LogP contribution in [-0.2, 0) is 29.2 Å². The van der Waals surface area contributed by atoms with Gasteiger partial charge in [-0.1, -0.05) is 30.3 Å². The van der Waals surface area contributed by atoms with Crippen LogP contribution in [-0.4, -0.2) is 53.5 Å². The zero-order valence-electron chi connectivity index (χ0n) is 19.0. The SMILES string of the molecule is COc1cccc(COC2CN(Cc3cccc(F)c3F)CC(=O)N(Cc3ccccn3)C2)c1. The summed E-state index contributed by atoms with van der Waals surface area (Å²) in [5.41, 5.74) is 1.92. The lowest BCUT2D eigenvalue weighted by Crippen LogP contribution is -2.37. The molecule has 1 aliphatic heterocycles. The van der Waals surface area contributed by atoms with Crippen molar-refractivity contribution >= 4 is 5.91 Å². The summed E-state index contributed by atoms with van der Waals surface area (Å²) in [6.07, 6.45) is 1.35. The average Bonchev–Trinajstić information content (AvgIpc) is 2.99. The Balaban J connectivity index is 1.52. The number of methoxy groups -OCH3 is 1. The maximum Gasteiger partial charge on any atom is 0.237 e. The molecular formula is C26H27F2N3O3. The predicted molar refractivity (Wildman–Crippen MR) is 123 cm³/mol. The van der Waals surface area contributed by atoms with Gasteiger partial charge in [0.05, 0.1) is 38.6 Å². The van der Waals surface area contributed by atoms with Crippen LogP contribution in [0.4, 0.5) is 8.78 Å². The molecule has 2 heterocycles. The molecule has 2 aromatic carbocycles. The van der Waals surface area contributed by atoms with Crippen molar-refractivity contribution in [3.05, 3.63) is 95.3 Å². The zero-order valence-corrected chi connectivity index (χ0v) is 19.0. The van der Waals surface area contributed by atoms with Gasteiger partial charge in [0.1, 0.15) is 5.75 Å². The first kappa shape index (κ1) is 23.8. The van der Waals surface area contributed by atoms with E-state index in [-0.39, 0.29) is 30.7 Å². The van der Waals surface area contributed by atoms with Crippen molar-refractivity contribution in [1.29, 1.82) is 0 Å². The van der Waals surface area contributed by atoms with Gasteiger partial charge in [0.25, 0.3) is 0 Å². The highest BCUT2D eigenvalue weighted by molar-refractivity contribution is 5.78. The summed E-state index contributed by atoms with van der Waals surface area (Å²) in [6, 6.07) is 17.2. The van der Waals surface area contributed by atoms with E-state index in [2.05, 4.69) is 4.98 Å². The van der Waals surface area contributed by atoms with Gasteiger partial charge in [-0.2, -0.15) is 0 Å². The Morgan fingerprint density at radius 1 is 1.03 bits per heavy atom. The van der Waals surface area contributed by atoms with Crippen LogP contribution in [0, 0.1) is 11.6 Å². The Hall–Kier alpha value is -3.36. The summed E-state index contributed by atoms with van der Waals surface area (Å²) in [5.74, 6) is -1.17. The number of nitrogens with zero attached hydrogens (tertiary/aromatic N) is 3. The number of carbonyl (C=O) groups excluding carboxylic acids is 1. The molecule has 1 fully saturated rings. The van der Waals surface area contributed by atoms with Gasteiger partial charge in [0.2, 0.25) is 5.91 Å². The first-order chi connectivity index (χ1) is 16.5. The molecule has 0 bridgehead atoms. The maximum atomic E-state index is 14.3. The highest BCUT2D eigenvalue weighted by atomic mass is 19.2. The van der Waals surface area contributed by atoms with Crippen LogP contribution < -0.4 is 4.74 Å². The van der Waals surface area contributed by atoms with Crippen LogP contribution >= 0.6 is 0 Å². The Bertz CT molecular complexity index is 1110. The van der Waals surface area contributed by atoms with E-state index in [1.54, 1.807) is 23.1 Å². The number of ether oxygens (including phenoxy) is 2. The van der Waals surface area contributed by atoms with E-state index in [1.165, 1.54) is 12.1 Å². The van der Waals surface area contributed by atoms with E-state index < -0.39 is 11.6 Å². The van der Waals surface area contributed by atoms with Gasteiger partial charge in [-0.15, -0.1) is 0 Å². The summed E-state index contributed by atoms with van der Waals surface area (Å²) >= 11 is 0. The van der Waals surface area contributed by atoms with Crippen LogP contribution in [0.1, 0.15) is 16.8 Å². The van der Waals surface area contributed by atoms with E-state index >= 15 is 0 Å². The van der Waals surface area contributed by atoms with Crippen molar-refractivity contribution < 1.29 is 23.0 Å². The minimum atomic E-state index is -0.902. The Labute approximate surface area is 197 Å². The standard InChI is InChI=1S/C26H27F2N3O3/c1-33-22-9-4-6-19(12-22)18-34-23-15-30(13-20-7-5-10-24(27)26(20)28)17-25(32)31(16-23)14-21-8-2-3-11-29-21/h2-12,23H,13-18H2,1H3.